The van der Waals surface area contributed by atoms with Gasteiger partial charge in [0, 0.05) is 6.20 Å². The van der Waals surface area contributed by atoms with E-state index >= 15 is 0 Å². The maximum absolute atomic E-state index is 3.70. The average Bonchev–Trinajstić information content (AvgIpc) is 2.51. The highest BCUT2D eigenvalue weighted by atomic mass is 15.1. The number of H-pyrrole nitrogens is 1. The number of aromatic nitrogens is 2. The Morgan fingerprint density at radius 2 is 2.07 bits per heavy atom. The van der Waals surface area contributed by atoms with Crippen molar-refractivity contribution in [3.8, 4) is 0 Å². The molecule has 0 saturated carbocycles. The first-order chi connectivity index (χ1) is 6.79. The Balaban J connectivity index is 0.000000146. The van der Waals surface area contributed by atoms with Crippen LogP contribution in [0.15, 0.2) is 24.0 Å². The highest BCUT2D eigenvalue weighted by Crippen LogP contribution is 2.15. The molecule has 1 heterocycles. The summed E-state index contributed by atoms with van der Waals surface area (Å²) in [4.78, 5) is 0. The van der Waals surface area contributed by atoms with Crippen LogP contribution in [0.1, 0.15) is 44.6 Å². The molecule has 0 radical (unpaired) electrons. The molecule has 2 rings (SSSR count). The lowest BCUT2D eigenvalue weighted by Crippen LogP contribution is -1.71. The predicted octanol–water partition coefficient (Wildman–Crippen LogP) is 3.61. The van der Waals surface area contributed by atoms with Gasteiger partial charge in [0.25, 0.3) is 0 Å². The van der Waals surface area contributed by atoms with E-state index in [9.17, 15) is 0 Å². The zero-order valence-electron chi connectivity index (χ0n) is 9.21. The molecule has 0 fully saturated rings. The number of aromatic amines is 1. The van der Waals surface area contributed by atoms with E-state index in [0.29, 0.717) is 0 Å². The summed E-state index contributed by atoms with van der Waals surface area (Å²) in [6.07, 6.45) is 13.0. The van der Waals surface area contributed by atoms with E-state index in [1.54, 1.807) is 11.8 Å². The maximum Gasteiger partial charge on any atom is 0.0516 e. The summed E-state index contributed by atoms with van der Waals surface area (Å²) in [5, 5.41) is 6.38. The first kappa shape index (κ1) is 11.0. The van der Waals surface area contributed by atoms with Crippen LogP contribution in [0, 0.1) is 6.92 Å². The molecule has 1 aliphatic rings. The zero-order chi connectivity index (χ0) is 10.2. The molecular formula is C12H20N2. The Bertz CT molecular complexity index is 260. The fraction of sp³-hybridized carbons (Fsp3) is 0.583. The van der Waals surface area contributed by atoms with E-state index in [4.69, 9.17) is 0 Å². The van der Waals surface area contributed by atoms with E-state index in [0.717, 1.165) is 0 Å². The standard InChI is InChI=1S/C8H14.C4H6N2/c1-8-6-4-2-3-5-7-8;1-4-2-5-6-3-4/h6H,2-5,7H2,1H3;2-3H,1H3,(H,5,6). The largest absolute Gasteiger partial charge is 0.285 e. The minimum Gasteiger partial charge on any atom is -0.285 e. The van der Waals surface area contributed by atoms with Gasteiger partial charge >= 0.3 is 0 Å². The molecule has 0 amide bonds. The lowest BCUT2D eigenvalue weighted by molar-refractivity contribution is 0.711. The Morgan fingerprint density at radius 3 is 2.64 bits per heavy atom. The molecular weight excluding hydrogens is 172 g/mol. The number of hydrogen-bond acceptors (Lipinski definition) is 1. The summed E-state index contributed by atoms with van der Waals surface area (Å²) < 4.78 is 0. The number of hydrogen-bond donors (Lipinski definition) is 1. The van der Waals surface area contributed by atoms with Crippen molar-refractivity contribution in [1.29, 1.82) is 0 Å². The lowest BCUT2D eigenvalue weighted by Gasteiger charge is -1.91. The van der Waals surface area contributed by atoms with Crippen molar-refractivity contribution in [2.75, 3.05) is 0 Å². The molecule has 0 aromatic carbocycles. The van der Waals surface area contributed by atoms with Crippen molar-refractivity contribution in [3.05, 3.63) is 29.6 Å². The number of nitrogens with one attached hydrogen (secondary N) is 1. The minimum atomic E-state index is 1.18. The number of aryl methyl sites for hydroxylation is 1. The molecule has 1 aromatic heterocycles. The maximum atomic E-state index is 3.70. The highest BCUT2D eigenvalue weighted by Gasteiger charge is 1.95. The van der Waals surface area contributed by atoms with Crippen LogP contribution in [-0.4, -0.2) is 10.2 Å². The zero-order valence-corrected chi connectivity index (χ0v) is 9.21. The first-order valence-corrected chi connectivity index (χ1v) is 5.40. The third-order valence-electron chi connectivity index (χ3n) is 2.40. The second kappa shape index (κ2) is 6.41. The van der Waals surface area contributed by atoms with Gasteiger partial charge in [0.05, 0.1) is 6.20 Å². The number of nitrogens with zero attached hydrogens (tertiary/aromatic N) is 1. The van der Waals surface area contributed by atoms with Crippen LogP contribution in [0.4, 0.5) is 0 Å². The van der Waals surface area contributed by atoms with Gasteiger partial charge in [-0.15, -0.1) is 0 Å². The first-order valence-electron chi connectivity index (χ1n) is 5.40. The van der Waals surface area contributed by atoms with Gasteiger partial charge in [-0.25, -0.2) is 0 Å². The second-order valence-corrected chi connectivity index (χ2v) is 3.93. The molecule has 1 aromatic rings. The van der Waals surface area contributed by atoms with Crippen LogP contribution in [0.2, 0.25) is 0 Å². The van der Waals surface area contributed by atoms with E-state index < -0.39 is 0 Å². The minimum absolute atomic E-state index is 1.18. The summed E-state index contributed by atoms with van der Waals surface area (Å²) in [7, 11) is 0. The molecule has 2 nitrogen and oxygen atoms in total. The Kier molecular flexibility index (Phi) is 5.05. The second-order valence-electron chi connectivity index (χ2n) is 3.93. The van der Waals surface area contributed by atoms with Crippen LogP contribution in [0.3, 0.4) is 0 Å². The Hall–Kier alpha value is -1.05. The van der Waals surface area contributed by atoms with Crippen molar-refractivity contribution in [1.82, 2.24) is 10.2 Å². The van der Waals surface area contributed by atoms with E-state index in [-0.39, 0.29) is 0 Å². The summed E-state index contributed by atoms with van der Waals surface area (Å²) in [5.41, 5.74) is 2.78. The average molecular weight is 192 g/mol. The van der Waals surface area contributed by atoms with E-state index in [1.165, 1.54) is 37.7 Å². The molecule has 0 bridgehead atoms. The molecule has 0 saturated heterocycles. The van der Waals surface area contributed by atoms with Crippen molar-refractivity contribution < 1.29 is 0 Å². The third kappa shape index (κ3) is 4.85. The quantitative estimate of drug-likeness (QED) is 0.625. The van der Waals surface area contributed by atoms with Crippen LogP contribution in [0.5, 0.6) is 0 Å². The van der Waals surface area contributed by atoms with Gasteiger partial charge in [-0.1, -0.05) is 18.1 Å². The SMILES string of the molecule is CC1=CCCCCC1.Cc1cn[nH]c1. The van der Waals surface area contributed by atoms with Gasteiger partial charge in [0.2, 0.25) is 0 Å². The van der Waals surface area contributed by atoms with Gasteiger partial charge in [-0.05, 0) is 45.1 Å². The number of rotatable bonds is 0. The van der Waals surface area contributed by atoms with Crippen LogP contribution in [-0.2, 0) is 0 Å². The van der Waals surface area contributed by atoms with Crippen molar-refractivity contribution in [2.45, 2.75) is 46.0 Å². The summed E-state index contributed by atoms with van der Waals surface area (Å²) in [6.45, 7) is 4.23. The molecule has 0 aliphatic heterocycles. The molecule has 78 valence electrons. The van der Waals surface area contributed by atoms with Crippen LogP contribution < -0.4 is 0 Å². The van der Waals surface area contributed by atoms with Crippen LogP contribution >= 0.6 is 0 Å². The lowest BCUT2D eigenvalue weighted by atomic mass is 10.2. The highest BCUT2D eigenvalue weighted by molar-refractivity contribution is 4.99. The van der Waals surface area contributed by atoms with Gasteiger partial charge in [-0.2, -0.15) is 5.10 Å². The van der Waals surface area contributed by atoms with Crippen molar-refractivity contribution >= 4 is 0 Å². The van der Waals surface area contributed by atoms with Crippen LogP contribution in [0.25, 0.3) is 0 Å². The summed E-state index contributed by atoms with van der Waals surface area (Å²) >= 11 is 0. The van der Waals surface area contributed by atoms with Crippen molar-refractivity contribution in [2.24, 2.45) is 0 Å². The molecule has 0 spiro atoms. The van der Waals surface area contributed by atoms with E-state index in [2.05, 4.69) is 23.2 Å². The Morgan fingerprint density at radius 1 is 1.21 bits per heavy atom. The molecule has 0 unspecified atom stereocenters. The van der Waals surface area contributed by atoms with E-state index in [1.807, 2.05) is 13.1 Å². The third-order valence-corrected chi connectivity index (χ3v) is 2.40. The Labute approximate surface area is 86.4 Å². The molecule has 2 heteroatoms. The van der Waals surface area contributed by atoms with Gasteiger partial charge in [0.1, 0.15) is 0 Å². The normalized spacial score (nSPS) is 16.3. The predicted molar refractivity (Wildman–Crippen MR) is 60.2 cm³/mol. The van der Waals surface area contributed by atoms with Gasteiger partial charge in [0.15, 0.2) is 0 Å². The smallest absolute Gasteiger partial charge is 0.0516 e. The number of allylic oxidation sites excluding steroid dienone is 2. The molecule has 1 N–H and O–H groups in total. The molecule has 0 atom stereocenters. The molecule has 1 aliphatic carbocycles. The monoisotopic (exact) mass is 192 g/mol. The summed E-state index contributed by atoms with van der Waals surface area (Å²) in [6, 6.07) is 0. The molecule has 14 heavy (non-hydrogen) atoms. The fourth-order valence-corrected chi connectivity index (χ4v) is 1.49. The fourth-order valence-electron chi connectivity index (χ4n) is 1.49. The summed E-state index contributed by atoms with van der Waals surface area (Å²) in [5.74, 6) is 0. The van der Waals surface area contributed by atoms with Gasteiger partial charge in [-0.3, -0.25) is 5.10 Å². The topological polar surface area (TPSA) is 28.7 Å². The van der Waals surface area contributed by atoms with Crippen molar-refractivity contribution in [3.63, 3.8) is 0 Å². The van der Waals surface area contributed by atoms with Gasteiger partial charge < -0.3 is 0 Å².